The lowest BCUT2D eigenvalue weighted by Crippen LogP contribution is -2.51. The van der Waals surface area contributed by atoms with Crippen molar-refractivity contribution in [1.82, 2.24) is 10.6 Å². The molecule has 0 spiro atoms. The molecule has 1 rings (SSSR count). The van der Waals surface area contributed by atoms with Gasteiger partial charge in [-0.25, -0.2) is 0 Å². The maximum atomic E-state index is 11.9. The van der Waals surface area contributed by atoms with E-state index < -0.39 is 0 Å². The molecule has 2 atom stereocenters. The number of hydrogen-bond donors (Lipinski definition) is 2. The summed E-state index contributed by atoms with van der Waals surface area (Å²) in [6.07, 6.45) is 3.68. The van der Waals surface area contributed by atoms with Crippen molar-refractivity contribution in [2.75, 3.05) is 6.54 Å². The highest BCUT2D eigenvalue weighted by atomic mass is 16.2. The number of amides is 1. The van der Waals surface area contributed by atoms with Gasteiger partial charge in [0.15, 0.2) is 0 Å². The van der Waals surface area contributed by atoms with Gasteiger partial charge in [-0.2, -0.15) is 0 Å². The second kappa shape index (κ2) is 5.85. The molecule has 1 fully saturated rings. The van der Waals surface area contributed by atoms with E-state index in [1.807, 2.05) is 6.92 Å². The highest BCUT2D eigenvalue weighted by molar-refractivity contribution is 5.81. The molecule has 3 heteroatoms. The second-order valence-electron chi connectivity index (χ2n) is 6.17. The first kappa shape index (κ1) is 14.5. The molecular formula is C14H28N2O. The molecule has 0 aromatic carbocycles. The average Bonchev–Trinajstić information content (AvgIpc) is 3.08. The van der Waals surface area contributed by atoms with Crippen molar-refractivity contribution in [2.45, 2.75) is 65.5 Å². The third kappa shape index (κ3) is 5.07. The van der Waals surface area contributed by atoms with E-state index in [0.29, 0.717) is 5.92 Å². The van der Waals surface area contributed by atoms with E-state index in [0.717, 1.165) is 18.9 Å². The predicted octanol–water partition coefficient (Wildman–Crippen LogP) is 2.32. The van der Waals surface area contributed by atoms with Crippen LogP contribution in [-0.2, 0) is 4.79 Å². The van der Waals surface area contributed by atoms with Gasteiger partial charge in [0, 0.05) is 5.54 Å². The zero-order valence-corrected chi connectivity index (χ0v) is 12.0. The van der Waals surface area contributed by atoms with Crippen molar-refractivity contribution >= 4 is 5.91 Å². The average molecular weight is 240 g/mol. The van der Waals surface area contributed by atoms with Gasteiger partial charge in [-0.05, 0) is 58.4 Å². The molecular weight excluding hydrogens is 212 g/mol. The first-order valence-corrected chi connectivity index (χ1v) is 6.91. The van der Waals surface area contributed by atoms with Gasteiger partial charge in [0.25, 0.3) is 0 Å². The van der Waals surface area contributed by atoms with E-state index in [1.165, 1.54) is 12.8 Å². The van der Waals surface area contributed by atoms with Crippen LogP contribution in [0.4, 0.5) is 0 Å². The van der Waals surface area contributed by atoms with Crippen molar-refractivity contribution in [2.24, 2.45) is 11.8 Å². The first-order valence-electron chi connectivity index (χ1n) is 6.91. The molecule has 1 saturated carbocycles. The van der Waals surface area contributed by atoms with Crippen LogP contribution in [0.3, 0.4) is 0 Å². The Morgan fingerprint density at radius 2 is 1.94 bits per heavy atom. The lowest BCUT2D eigenvalue weighted by molar-refractivity contribution is -0.124. The maximum absolute atomic E-state index is 11.9. The summed E-state index contributed by atoms with van der Waals surface area (Å²) in [5.74, 6) is 1.70. The molecule has 100 valence electrons. The minimum Gasteiger partial charge on any atom is -0.350 e. The Morgan fingerprint density at radius 3 is 2.41 bits per heavy atom. The van der Waals surface area contributed by atoms with Crippen LogP contribution in [0.5, 0.6) is 0 Å². The van der Waals surface area contributed by atoms with Crippen LogP contribution in [0.25, 0.3) is 0 Å². The highest BCUT2D eigenvalue weighted by Gasteiger charge is 2.28. The number of hydrogen-bond acceptors (Lipinski definition) is 2. The van der Waals surface area contributed by atoms with Crippen LogP contribution in [0.15, 0.2) is 0 Å². The van der Waals surface area contributed by atoms with Crippen LogP contribution >= 0.6 is 0 Å². The number of carbonyl (C=O) groups excluding carboxylic acids is 1. The quantitative estimate of drug-likeness (QED) is 0.717. The number of nitrogens with one attached hydrogen (secondary N) is 2. The van der Waals surface area contributed by atoms with Crippen molar-refractivity contribution in [3.63, 3.8) is 0 Å². The van der Waals surface area contributed by atoms with E-state index in [-0.39, 0.29) is 17.5 Å². The van der Waals surface area contributed by atoms with Crippen LogP contribution in [-0.4, -0.2) is 24.0 Å². The minimum atomic E-state index is -0.102. The van der Waals surface area contributed by atoms with Crippen molar-refractivity contribution in [3.8, 4) is 0 Å². The molecule has 0 aromatic heterocycles. The van der Waals surface area contributed by atoms with Crippen LogP contribution in [0.1, 0.15) is 53.9 Å². The molecule has 1 aliphatic carbocycles. The van der Waals surface area contributed by atoms with Gasteiger partial charge in [0.2, 0.25) is 5.91 Å². The SMILES string of the molecule is CCC(C)(C)NC(=O)C(C)NCC(C)C1CC1. The molecule has 2 N–H and O–H groups in total. The zero-order valence-electron chi connectivity index (χ0n) is 12.0. The Kier molecular flexibility index (Phi) is 4.99. The van der Waals surface area contributed by atoms with Crippen molar-refractivity contribution in [3.05, 3.63) is 0 Å². The highest BCUT2D eigenvalue weighted by Crippen LogP contribution is 2.36. The van der Waals surface area contributed by atoms with Gasteiger partial charge >= 0.3 is 0 Å². The van der Waals surface area contributed by atoms with Crippen LogP contribution < -0.4 is 10.6 Å². The monoisotopic (exact) mass is 240 g/mol. The lowest BCUT2D eigenvalue weighted by atomic mass is 10.0. The first-order chi connectivity index (χ1) is 7.85. The summed E-state index contributed by atoms with van der Waals surface area (Å²) in [5, 5.41) is 6.41. The van der Waals surface area contributed by atoms with Crippen molar-refractivity contribution < 1.29 is 4.79 Å². The summed E-state index contributed by atoms with van der Waals surface area (Å²) in [6.45, 7) is 11.4. The molecule has 0 bridgehead atoms. The molecule has 3 nitrogen and oxygen atoms in total. The molecule has 17 heavy (non-hydrogen) atoms. The van der Waals surface area contributed by atoms with Gasteiger partial charge in [0.1, 0.15) is 0 Å². The largest absolute Gasteiger partial charge is 0.350 e. The van der Waals surface area contributed by atoms with Crippen LogP contribution in [0.2, 0.25) is 0 Å². The minimum absolute atomic E-state index is 0.0953. The molecule has 0 radical (unpaired) electrons. The summed E-state index contributed by atoms with van der Waals surface area (Å²) in [4.78, 5) is 11.9. The number of carbonyl (C=O) groups is 1. The summed E-state index contributed by atoms with van der Waals surface area (Å²) in [6, 6.07) is -0.0953. The molecule has 1 aliphatic rings. The Morgan fingerprint density at radius 1 is 1.35 bits per heavy atom. The van der Waals surface area contributed by atoms with Gasteiger partial charge in [0.05, 0.1) is 6.04 Å². The van der Waals surface area contributed by atoms with E-state index in [4.69, 9.17) is 0 Å². The molecule has 0 heterocycles. The Balaban J connectivity index is 2.26. The smallest absolute Gasteiger partial charge is 0.237 e. The van der Waals surface area contributed by atoms with E-state index in [9.17, 15) is 4.79 Å². The lowest BCUT2D eigenvalue weighted by Gasteiger charge is -2.27. The normalized spacial score (nSPS) is 19.8. The Bertz CT molecular complexity index is 259. The van der Waals surface area contributed by atoms with Gasteiger partial charge in [-0.15, -0.1) is 0 Å². The number of rotatable bonds is 7. The van der Waals surface area contributed by atoms with Crippen molar-refractivity contribution in [1.29, 1.82) is 0 Å². The van der Waals surface area contributed by atoms with E-state index in [1.54, 1.807) is 0 Å². The summed E-state index contributed by atoms with van der Waals surface area (Å²) >= 11 is 0. The maximum Gasteiger partial charge on any atom is 0.237 e. The molecule has 0 aromatic rings. The summed E-state index contributed by atoms with van der Waals surface area (Å²) in [5.41, 5.74) is -0.102. The predicted molar refractivity (Wildman–Crippen MR) is 71.9 cm³/mol. The second-order valence-corrected chi connectivity index (χ2v) is 6.17. The standard InChI is InChI=1S/C14H28N2O/c1-6-14(4,5)16-13(17)11(3)15-9-10(2)12-7-8-12/h10-12,15H,6-9H2,1-5H3,(H,16,17). The fourth-order valence-corrected chi connectivity index (χ4v) is 1.82. The fourth-order valence-electron chi connectivity index (χ4n) is 1.82. The third-order valence-electron chi connectivity index (χ3n) is 3.91. The Hall–Kier alpha value is -0.570. The Labute approximate surface area is 106 Å². The van der Waals surface area contributed by atoms with E-state index >= 15 is 0 Å². The molecule has 1 amide bonds. The van der Waals surface area contributed by atoms with Crippen LogP contribution in [0, 0.1) is 11.8 Å². The molecule has 0 aliphatic heterocycles. The van der Waals surface area contributed by atoms with Gasteiger partial charge in [-0.1, -0.05) is 13.8 Å². The zero-order chi connectivity index (χ0) is 13.1. The topological polar surface area (TPSA) is 41.1 Å². The molecule has 2 unspecified atom stereocenters. The fraction of sp³-hybridized carbons (Fsp3) is 0.929. The van der Waals surface area contributed by atoms with E-state index in [2.05, 4.69) is 38.3 Å². The van der Waals surface area contributed by atoms with Gasteiger partial charge < -0.3 is 10.6 Å². The summed E-state index contributed by atoms with van der Waals surface area (Å²) < 4.78 is 0. The third-order valence-corrected chi connectivity index (χ3v) is 3.91. The van der Waals surface area contributed by atoms with Gasteiger partial charge in [-0.3, -0.25) is 4.79 Å². The summed E-state index contributed by atoms with van der Waals surface area (Å²) in [7, 11) is 0. The molecule has 0 saturated heterocycles.